The van der Waals surface area contributed by atoms with E-state index in [9.17, 15) is 4.79 Å². The van der Waals surface area contributed by atoms with Crippen LogP contribution in [-0.4, -0.2) is 34.5 Å². The second-order valence-electron chi connectivity index (χ2n) is 10.1. The van der Waals surface area contributed by atoms with E-state index >= 15 is 0 Å². The Morgan fingerprint density at radius 3 is 2.64 bits per heavy atom. The molecular weight excluding hydrogens is 478 g/mol. The van der Waals surface area contributed by atoms with E-state index in [0.29, 0.717) is 23.4 Å². The first-order valence-corrected chi connectivity index (χ1v) is 14.1. The second-order valence-corrected chi connectivity index (χ2v) is 10.1. The van der Waals surface area contributed by atoms with E-state index in [1.165, 1.54) is 23.3 Å². The van der Waals surface area contributed by atoms with Crippen LogP contribution in [0.4, 0.5) is 0 Å². The molecule has 0 unspecified atom stereocenters. The highest BCUT2D eigenvalue weighted by Crippen LogP contribution is 2.26. The Balaban J connectivity index is 1.95. The zero-order chi connectivity index (χ0) is 28.4. The number of ketones is 1. The number of nitrogens with zero attached hydrogens (tertiary/aromatic N) is 3. The molecule has 1 saturated heterocycles. The first kappa shape index (κ1) is 29.8. The van der Waals surface area contributed by atoms with Gasteiger partial charge in [-0.2, -0.15) is 0 Å². The summed E-state index contributed by atoms with van der Waals surface area (Å²) in [4.78, 5) is 24.8. The maximum absolute atomic E-state index is 12.9. The molecule has 3 heterocycles. The van der Waals surface area contributed by atoms with Crippen LogP contribution in [0.3, 0.4) is 0 Å². The van der Waals surface area contributed by atoms with Crippen LogP contribution in [0, 0.1) is 0 Å². The van der Waals surface area contributed by atoms with Crippen LogP contribution in [0.1, 0.15) is 84.9 Å². The van der Waals surface area contributed by atoms with Gasteiger partial charge in [-0.1, -0.05) is 37.3 Å². The highest BCUT2D eigenvalue weighted by atomic mass is 16.1. The molecule has 0 amide bonds. The molecule has 39 heavy (non-hydrogen) atoms. The number of hydrogen-bond donors (Lipinski definition) is 0. The summed E-state index contributed by atoms with van der Waals surface area (Å²) in [6.45, 7) is 18.6. The van der Waals surface area contributed by atoms with E-state index < -0.39 is 0 Å². The maximum atomic E-state index is 12.9. The third kappa shape index (κ3) is 8.12. The maximum Gasteiger partial charge on any atom is 0.183 e. The summed E-state index contributed by atoms with van der Waals surface area (Å²) in [5.41, 5.74) is 13.3. The van der Waals surface area contributed by atoms with Crippen molar-refractivity contribution in [1.82, 2.24) is 9.88 Å². The van der Waals surface area contributed by atoms with Gasteiger partial charge in [0.2, 0.25) is 0 Å². The minimum Gasteiger partial charge on any atom is -0.371 e. The summed E-state index contributed by atoms with van der Waals surface area (Å²) in [5.74, 6) is -0.104. The topological polar surface area (TPSA) is 45.6 Å². The molecule has 0 radical (unpaired) electrons. The molecule has 0 bridgehead atoms. The minimum atomic E-state index is -0.104. The van der Waals surface area contributed by atoms with E-state index in [4.69, 9.17) is 4.99 Å². The monoisotopic (exact) mass is 521 g/mol. The Labute approximate surface area is 235 Å². The minimum absolute atomic E-state index is 0.104. The summed E-state index contributed by atoms with van der Waals surface area (Å²) in [6.07, 6.45) is 18.7. The Hall–Kier alpha value is -3.75. The number of hydrogen-bond acceptors (Lipinski definition) is 4. The fraction of sp³-hybridized carbons (Fsp3) is 0.371. The van der Waals surface area contributed by atoms with Crippen LogP contribution in [0.2, 0.25) is 0 Å². The third-order valence-electron chi connectivity index (χ3n) is 7.51. The zero-order valence-electron chi connectivity index (χ0n) is 24.6. The number of likely N-dealkylation sites (tertiary alicyclic amines) is 1. The quantitative estimate of drug-likeness (QED) is 0.156. The van der Waals surface area contributed by atoms with Crippen molar-refractivity contribution in [2.24, 2.45) is 4.99 Å². The van der Waals surface area contributed by atoms with Crippen molar-refractivity contribution in [2.45, 2.75) is 73.6 Å². The van der Waals surface area contributed by atoms with Gasteiger partial charge in [0.05, 0.1) is 11.4 Å². The molecule has 0 saturated carbocycles. The van der Waals surface area contributed by atoms with Crippen molar-refractivity contribution in [2.75, 3.05) is 13.1 Å². The summed E-state index contributed by atoms with van der Waals surface area (Å²) < 4.78 is 0. The standard InChI is InChI=1S/C35H43N3O/c1-8-25(5)26(6)21-29(10-3)30-16-18-36-33(23-30)34-24-35(39)27(7)22-31(37-34)14-15-32(11-4)38-19-12-13-28(9-2)17-20-38/h8-9,11,14-16,18,23-24H,7,10,12-13,17,19-20,22H2,1-6H3/b15-14-,25-8-,28-9-,32-11+. The number of carbonyl (C=O) groups excluding carboxylic acids is 1. The summed E-state index contributed by atoms with van der Waals surface area (Å²) >= 11 is 0. The third-order valence-corrected chi connectivity index (χ3v) is 7.51. The fourth-order valence-corrected chi connectivity index (χ4v) is 4.78. The van der Waals surface area contributed by atoms with E-state index in [1.54, 1.807) is 12.3 Å². The predicted molar refractivity (Wildman–Crippen MR) is 166 cm³/mol. The molecular formula is C35H43N3O. The zero-order valence-corrected chi connectivity index (χ0v) is 24.6. The molecule has 3 rings (SSSR count). The molecule has 1 aromatic heterocycles. The van der Waals surface area contributed by atoms with Crippen LogP contribution in [0.5, 0.6) is 0 Å². The van der Waals surface area contributed by atoms with Crippen LogP contribution in [0.25, 0.3) is 11.3 Å². The lowest BCUT2D eigenvalue weighted by atomic mass is 10.0. The van der Waals surface area contributed by atoms with Gasteiger partial charge in [-0.05, 0) is 107 Å². The van der Waals surface area contributed by atoms with Crippen LogP contribution >= 0.6 is 0 Å². The number of carbonyl (C=O) groups is 1. The van der Waals surface area contributed by atoms with Crippen molar-refractivity contribution in [3.8, 4) is 0 Å². The van der Waals surface area contributed by atoms with Crippen molar-refractivity contribution in [3.05, 3.63) is 106 Å². The van der Waals surface area contributed by atoms with Gasteiger partial charge in [0, 0.05) is 48.8 Å². The van der Waals surface area contributed by atoms with Crippen molar-refractivity contribution in [3.63, 3.8) is 0 Å². The number of aromatic nitrogens is 1. The van der Waals surface area contributed by atoms with Crippen molar-refractivity contribution in [1.29, 1.82) is 0 Å². The molecule has 0 aromatic carbocycles. The fourth-order valence-electron chi connectivity index (χ4n) is 4.78. The SMILES string of the molecule is C=C1CC(/C=C\C(=C/C)N2CCC/C(=C/C)CC2)=NC(c2cc(C(=C=C(C)/C(C)=C\C)CC)ccn2)=CC1=O. The lowest BCUT2D eigenvalue weighted by Gasteiger charge is -2.23. The Morgan fingerprint density at radius 1 is 1.15 bits per heavy atom. The number of pyridine rings is 1. The van der Waals surface area contributed by atoms with Gasteiger partial charge < -0.3 is 4.90 Å². The molecule has 0 spiro atoms. The Morgan fingerprint density at radius 2 is 1.95 bits per heavy atom. The molecule has 0 aliphatic carbocycles. The second kappa shape index (κ2) is 14.4. The van der Waals surface area contributed by atoms with Gasteiger partial charge >= 0.3 is 0 Å². The molecule has 1 aromatic rings. The predicted octanol–water partition coefficient (Wildman–Crippen LogP) is 8.59. The number of allylic oxidation sites excluding steroid dienone is 9. The summed E-state index contributed by atoms with van der Waals surface area (Å²) in [7, 11) is 0. The molecule has 0 N–H and O–H groups in total. The average Bonchev–Trinajstić information content (AvgIpc) is 3.28. The smallest absolute Gasteiger partial charge is 0.183 e. The molecule has 204 valence electrons. The normalized spacial score (nSPS) is 18.5. The molecule has 2 aliphatic rings. The van der Waals surface area contributed by atoms with Gasteiger partial charge in [0.25, 0.3) is 0 Å². The van der Waals surface area contributed by atoms with Gasteiger partial charge in [-0.25, -0.2) is 0 Å². The van der Waals surface area contributed by atoms with Crippen LogP contribution in [0.15, 0.2) is 100 Å². The number of aliphatic imine (C=N–C) groups is 1. The van der Waals surface area contributed by atoms with E-state index in [1.807, 2.05) is 25.1 Å². The van der Waals surface area contributed by atoms with Crippen LogP contribution < -0.4 is 0 Å². The lowest BCUT2D eigenvalue weighted by Crippen LogP contribution is -2.23. The van der Waals surface area contributed by atoms with E-state index in [2.05, 4.69) is 81.1 Å². The van der Waals surface area contributed by atoms with Gasteiger partial charge in [0.1, 0.15) is 0 Å². The van der Waals surface area contributed by atoms with Gasteiger partial charge in [-0.3, -0.25) is 14.8 Å². The van der Waals surface area contributed by atoms with Crippen molar-refractivity contribution >= 4 is 22.8 Å². The summed E-state index contributed by atoms with van der Waals surface area (Å²) in [5, 5.41) is 0. The molecule has 4 heteroatoms. The van der Waals surface area contributed by atoms with Crippen LogP contribution in [-0.2, 0) is 4.79 Å². The molecule has 0 atom stereocenters. The molecule has 4 nitrogen and oxygen atoms in total. The van der Waals surface area contributed by atoms with E-state index in [0.717, 1.165) is 54.8 Å². The van der Waals surface area contributed by atoms with Crippen molar-refractivity contribution < 1.29 is 4.79 Å². The average molecular weight is 522 g/mol. The lowest BCUT2D eigenvalue weighted by molar-refractivity contribution is -0.111. The highest BCUT2D eigenvalue weighted by molar-refractivity contribution is 6.15. The first-order valence-electron chi connectivity index (χ1n) is 14.1. The largest absolute Gasteiger partial charge is 0.371 e. The van der Waals surface area contributed by atoms with E-state index in [-0.39, 0.29) is 5.78 Å². The summed E-state index contributed by atoms with van der Waals surface area (Å²) in [6, 6.07) is 4.00. The number of rotatable bonds is 7. The molecule has 1 fully saturated rings. The molecule has 2 aliphatic heterocycles. The highest BCUT2D eigenvalue weighted by Gasteiger charge is 2.17. The van der Waals surface area contributed by atoms with Gasteiger partial charge in [0.15, 0.2) is 5.78 Å². The Bertz CT molecular complexity index is 1350. The Kier molecular flexibility index (Phi) is 11.0. The van der Waals surface area contributed by atoms with Gasteiger partial charge in [-0.15, -0.1) is 5.73 Å². The first-order chi connectivity index (χ1) is 18.8.